The van der Waals surface area contributed by atoms with Gasteiger partial charge in [-0.3, -0.25) is 0 Å². The van der Waals surface area contributed by atoms with E-state index in [2.05, 4.69) is 23.6 Å². The molecule has 0 aliphatic rings. The van der Waals surface area contributed by atoms with Crippen molar-refractivity contribution in [3.8, 4) is 5.75 Å². The van der Waals surface area contributed by atoms with Gasteiger partial charge in [-0.25, -0.2) is 0 Å². The van der Waals surface area contributed by atoms with E-state index in [1.54, 1.807) is 18.3 Å². The molecule has 18 heavy (non-hydrogen) atoms. The van der Waals surface area contributed by atoms with E-state index >= 15 is 0 Å². The molecule has 0 amide bonds. The van der Waals surface area contributed by atoms with Crippen molar-refractivity contribution in [1.82, 2.24) is 4.98 Å². The molecule has 0 spiro atoms. The Bertz CT molecular complexity index is 543. The molecule has 1 N–H and O–H groups in total. The second-order valence-electron chi connectivity index (χ2n) is 4.64. The summed E-state index contributed by atoms with van der Waals surface area (Å²) >= 11 is 0. The number of benzene rings is 1. The number of nitrogens with one attached hydrogen (secondary N) is 1. The van der Waals surface area contributed by atoms with Crippen molar-refractivity contribution in [3.63, 3.8) is 0 Å². The molecule has 2 rings (SSSR count). The summed E-state index contributed by atoms with van der Waals surface area (Å²) in [6, 6.07) is 4.68. The van der Waals surface area contributed by atoms with Crippen LogP contribution in [0.25, 0.3) is 10.9 Å². The zero-order valence-corrected chi connectivity index (χ0v) is 10.1. The molecule has 98 valence electrons. The van der Waals surface area contributed by atoms with E-state index in [0.29, 0.717) is 11.4 Å². The van der Waals surface area contributed by atoms with Gasteiger partial charge in [0.05, 0.1) is 5.52 Å². The highest BCUT2D eigenvalue weighted by molar-refractivity contribution is 5.88. The summed E-state index contributed by atoms with van der Waals surface area (Å²) in [4.78, 5) is 2.86. The number of aromatic amines is 1. The predicted octanol–water partition coefficient (Wildman–Crippen LogP) is 4.27. The van der Waals surface area contributed by atoms with E-state index in [1.165, 1.54) is 6.07 Å². The van der Waals surface area contributed by atoms with Crippen LogP contribution in [0.5, 0.6) is 5.75 Å². The first-order chi connectivity index (χ1) is 8.37. The number of hydrogen-bond acceptors (Lipinski definition) is 1. The molecule has 0 saturated carbocycles. The molecule has 0 aliphatic carbocycles. The van der Waals surface area contributed by atoms with Gasteiger partial charge in [0.25, 0.3) is 0 Å². The van der Waals surface area contributed by atoms with Crippen LogP contribution in [-0.2, 0) is 6.42 Å². The van der Waals surface area contributed by atoms with E-state index < -0.39 is 6.36 Å². The lowest BCUT2D eigenvalue weighted by Gasteiger charge is -2.09. The zero-order valence-electron chi connectivity index (χ0n) is 10.1. The van der Waals surface area contributed by atoms with Crippen molar-refractivity contribution in [3.05, 3.63) is 30.0 Å². The molecule has 0 radical (unpaired) electrons. The molecule has 2 aromatic rings. The Morgan fingerprint density at radius 1 is 1.28 bits per heavy atom. The van der Waals surface area contributed by atoms with Crippen molar-refractivity contribution < 1.29 is 17.9 Å². The minimum Gasteiger partial charge on any atom is -0.404 e. The number of rotatable bonds is 3. The van der Waals surface area contributed by atoms with Gasteiger partial charge in [-0.15, -0.1) is 13.2 Å². The largest absolute Gasteiger partial charge is 0.573 e. The number of H-pyrrole nitrogens is 1. The lowest BCUT2D eigenvalue weighted by Crippen LogP contribution is -2.17. The number of alkyl halides is 3. The van der Waals surface area contributed by atoms with Crippen LogP contribution in [0.3, 0.4) is 0 Å². The minimum absolute atomic E-state index is 0.185. The van der Waals surface area contributed by atoms with Gasteiger partial charge in [-0.2, -0.15) is 0 Å². The first kappa shape index (κ1) is 12.8. The second kappa shape index (κ2) is 4.55. The number of para-hydroxylation sites is 1. The fourth-order valence-corrected chi connectivity index (χ4v) is 2.00. The van der Waals surface area contributed by atoms with Crippen molar-refractivity contribution in [2.24, 2.45) is 5.92 Å². The average molecular weight is 257 g/mol. The van der Waals surface area contributed by atoms with E-state index in [0.717, 1.165) is 17.4 Å². The molecular weight excluding hydrogens is 243 g/mol. The summed E-state index contributed by atoms with van der Waals surface area (Å²) in [6.07, 6.45) is -2.11. The molecule has 1 heterocycles. The Labute approximate surface area is 103 Å². The van der Waals surface area contributed by atoms with Crippen molar-refractivity contribution in [2.75, 3.05) is 0 Å². The predicted molar refractivity (Wildman–Crippen MR) is 63.5 cm³/mol. The minimum atomic E-state index is -4.67. The normalized spacial score (nSPS) is 12.3. The summed E-state index contributed by atoms with van der Waals surface area (Å²) in [5, 5.41) is 0.783. The highest BCUT2D eigenvalue weighted by atomic mass is 19.4. The Morgan fingerprint density at radius 3 is 2.61 bits per heavy atom. The maximum atomic E-state index is 12.3. The van der Waals surface area contributed by atoms with E-state index in [4.69, 9.17) is 0 Å². The van der Waals surface area contributed by atoms with E-state index in [-0.39, 0.29) is 5.75 Å². The van der Waals surface area contributed by atoms with Crippen LogP contribution in [0.2, 0.25) is 0 Å². The number of halogens is 3. The van der Waals surface area contributed by atoms with Crippen LogP contribution in [0.4, 0.5) is 13.2 Å². The summed E-state index contributed by atoms with van der Waals surface area (Å²) in [5.74, 6) is 0.256. The Balaban J connectivity index is 2.42. The summed E-state index contributed by atoms with van der Waals surface area (Å²) in [6.45, 7) is 4.13. The standard InChI is InChI=1S/C13H14F3NO/c1-8(2)6-9-7-17-12-10(9)4-3-5-11(12)18-13(14,15)16/h3-5,7-8,17H,6H2,1-2H3. The quantitative estimate of drug-likeness (QED) is 0.872. The van der Waals surface area contributed by atoms with Gasteiger partial charge in [0.1, 0.15) is 0 Å². The Kier molecular flexibility index (Phi) is 3.24. The lowest BCUT2D eigenvalue weighted by molar-refractivity contribution is -0.274. The van der Waals surface area contributed by atoms with Gasteiger partial charge in [-0.05, 0) is 24.0 Å². The maximum absolute atomic E-state index is 12.3. The second-order valence-corrected chi connectivity index (χ2v) is 4.64. The number of fused-ring (bicyclic) bond motifs is 1. The van der Waals surface area contributed by atoms with Crippen LogP contribution in [-0.4, -0.2) is 11.3 Å². The van der Waals surface area contributed by atoms with Crippen LogP contribution >= 0.6 is 0 Å². The third-order valence-corrected chi connectivity index (χ3v) is 2.62. The summed E-state index contributed by atoms with van der Waals surface area (Å²) in [7, 11) is 0. The van der Waals surface area contributed by atoms with Crippen LogP contribution in [0.1, 0.15) is 19.4 Å². The van der Waals surface area contributed by atoms with Crippen molar-refractivity contribution >= 4 is 10.9 Å². The zero-order chi connectivity index (χ0) is 13.3. The summed E-state index contributed by atoms with van der Waals surface area (Å²) < 4.78 is 40.8. The molecule has 0 saturated heterocycles. The van der Waals surface area contributed by atoms with Crippen molar-refractivity contribution in [1.29, 1.82) is 0 Å². The smallest absolute Gasteiger partial charge is 0.404 e. The molecule has 0 aliphatic heterocycles. The van der Waals surface area contributed by atoms with Gasteiger partial charge >= 0.3 is 6.36 Å². The van der Waals surface area contributed by atoms with Gasteiger partial charge in [0.15, 0.2) is 5.75 Å². The van der Waals surface area contributed by atoms with Crippen LogP contribution < -0.4 is 4.74 Å². The van der Waals surface area contributed by atoms with Crippen LogP contribution in [0.15, 0.2) is 24.4 Å². The lowest BCUT2D eigenvalue weighted by atomic mass is 10.0. The molecule has 2 nitrogen and oxygen atoms in total. The SMILES string of the molecule is CC(C)Cc1c[nH]c2c(OC(F)(F)F)cccc12. The Hall–Kier alpha value is -1.65. The monoisotopic (exact) mass is 257 g/mol. The maximum Gasteiger partial charge on any atom is 0.573 e. The van der Waals surface area contributed by atoms with Crippen LogP contribution in [0, 0.1) is 5.92 Å². The third-order valence-electron chi connectivity index (χ3n) is 2.62. The molecule has 0 fully saturated rings. The van der Waals surface area contributed by atoms with E-state index in [9.17, 15) is 13.2 Å². The van der Waals surface area contributed by atoms with Gasteiger partial charge in [-0.1, -0.05) is 26.0 Å². The summed E-state index contributed by atoms with van der Waals surface area (Å²) in [5.41, 5.74) is 1.40. The van der Waals surface area contributed by atoms with Gasteiger partial charge in [0.2, 0.25) is 0 Å². The van der Waals surface area contributed by atoms with Gasteiger partial charge in [0, 0.05) is 11.6 Å². The van der Waals surface area contributed by atoms with E-state index in [1.807, 2.05) is 0 Å². The fraction of sp³-hybridized carbons (Fsp3) is 0.385. The molecule has 1 aromatic heterocycles. The Morgan fingerprint density at radius 2 is 2.00 bits per heavy atom. The molecule has 0 atom stereocenters. The molecular formula is C13H14F3NO. The topological polar surface area (TPSA) is 25.0 Å². The molecule has 0 bridgehead atoms. The number of aromatic nitrogens is 1. The highest BCUT2D eigenvalue weighted by Gasteiger charge is 2.32. The molecule has 1 aromatic carbocycles. The highest BCUT2D eigenvalue weighted by Crippen LogP contribution is 2.32. The third kappa shape index (κ3) is 2.78. The number of ether oxygens (including phenoxy) is 1. The van der Waals surface area contributed by atoms with Crippen molar-refractivity contribution in [2.45, 2.75) is 26.6 Å². The van der Waals surface area contributed by atoms with Gasteiger partial charge < -0.3 is 9.72 Å². The molecule has 0 unspecified atom stereocenters. The first-order valence-corrected chi connectivity index (χ1v) is 5.71. The first-order valence-electron chi connectivity index (χ1n) is 5.71. The number of hydrogen-bond donors (Lipinski definition) is 1. The average Bonchev–Trinajstić information content (AvgIpc) is 2.60. The fourth-order valence-electron chi connectivity index (χ4n) is 2.00. The molecule has 5 heteroatoms.